The lowest BCUT2D eigenvalue weighted by molar-refractivity contribution is -0.291. The summed E-state index contributed by atoms with van der Waals surface area (Å²) in [5.41, 5.74) is -4.52. The number of aromatic nitrogens is 6. The SMILES string of the molecule is CCc1cc(C(F)(F)C(F)(F)F)nn1Cc1c(-n2nc(C(F)(F)F)cc2C)n[nH]c1CC(F)(F)F. The molecule has 0 atom stereocenters. The molecule has 0 aliphatic rings. The smallest absolute Gasteiger partial charge is 0.280 e. The van der Waals surface area contributed by atoms with E-state index < -0.39 is 65.9 Å². The van der Waals surface area contributed by atoms with E-state index in [0.717, 1.165) is 6.92 Å². The van der Waals surface area contributed by atoms with Crippen LogP contribution in [0.5, 0.6) is 0 Å². The lowest BCUT2D eigenvalue weighted by Gasteiger charge is -2.17. The normalized spacial score (nSPS) is 13.6. The Hall–Kier alpha value is -3.14. The van der Waals surface area contributed by atoms with Gasteiger partial charge in [0.1, 0.15) is 5.69 Å². The van der Waals surface area contributed by atoms with Crippen molar-refractivity contribution in [2.75, 3.05) is 0 Å². The Labute approximate surface area is 188 Å². The van der Waals surface area contributed by atoms with Gasteiger partial charge in [0, 0.05) is 17.0 Å². The molecule has 0 bridgehead atoms. The number of hydrogen-bond donors (Lipinski definition) is 1. The maximum atomic E-state index is 13.8. The third-order valence-corrected chi connectivity index (χ3v) is 4.90. The zero-order valence-electron chi connectivity index (χ0n) is 17.7. The molecule has 0 saturated carbocycles. The summed E-state index contributed by atoms with van der Waals surface area (Å²) in [7, 11) is 0. The van der Waals surface area contributed by atoms with Crippen LogP contribution in [-0.2, 0) is 31.5 Å². The predicted octanol–water partition coefficient (Wildman–Crippen LogP) is 5.49. The third kappa shape index (κ3) is 5.27. The Morgan fingerprint density at radius 1 is 0.886 bits per heavy atom. The number of rotatable bonds is 6. The third-order valence-electron chi connectivity index (χ3n) is 4.90. The van der Waals surface area contributed by atoms with Crippen LogP contribution in [-0.4, -0.2) is 42.1 Å². The molecule has 3 heterocycles. The van der Waals surface area contributed by atoms with Gasteiger partial charge in [0.15, 0.2) is 11.5 Å². The van der Waals surface area contributed by atoms with E-state index in [1.165, 1.54) is 6.92 Å². The van der Waals surface area contributed by atoms with Crippen LogP contribution in [0.25, 0.3) is 5.82 Å². The number of aromatic amines is 1. The molecule has 194 valence electrons. The molecule has 0 aliphatic heterocycles. The first-order valence-electron chi connectivity index (χ1n) is 9.64. The highest BCUT2D eigenvalue weighted by atomic mass is 19.4. The van der Waals surface area contributed by atoms with Gasteiger partial charge in [-0.15, -0.1) is 0 Å². The van der Waals surface area contributed by atoms with Gasteiger partial charge in [-0.05, 0) is 25.5 Å². The molecule has 35 heavy (non-hydrogen) atoms. The fourth-order valence-electron chi connectivity index (χ4n) is 3.23. The number of nitrogens with one attached hydrogen (secondary N) is 1. The largest absolute Gasteiger partial charge is 0.459 e. The van der Waals surface area contributed by atoms with Crippen LogP contribution in [0.4, 0.5) is 48.3 Å². The van der Waals surface area contributed by atoms with Crippen LogP contribution in [0.15, 0.2) is 12.1 Å². The summed E-state index contributed by atoms with van der Waals surface area (Å²) in [6.45, 7) is 1.73. The van der Waals surface area contributed by atoms with Crippen molar-refractivity contribution < 1.29 is 48.3 Å². The Balaban J connectivity index is 2.15. The van der Waals surface area contributed by atoms with Crippen molar-refractivity contribution >= 4 is 0 Å². The molecule has 3 aromatic heterocycles. The van der Waals surface area contributed by atoms with E-state index in [-0.39, 0.29) is 17.8 Å². The number of H-pyrrole nitrogens is 1. The molecule has 3 aromatic rings. The van der Waals surface area contributed by atoms with Gasteiger partial charge >= 0.3 is 24.5 Å². The summed E-state index contributed by atoms with van der Waals surface area (Å²) in [4.78, 5) is 0. The Kier molecular flexibility index (Phi) is 6.44. The number of halogens is 11. The summed E-state index contributed by atoms with van der Waals surface area (Å²) in [6, 6.07) is 1.06. The van der Waals surface area contributed by atoms with Crippen molar-refractivity contribution in [1.29, 1.82) is 0 Å². The summed E-state index contributed by atoms with van der Waals surface area (Å²) in [5.74, 6) is -5.88. The first kappa shape index (κ1) is 26.5. The zero-order chi connectivity index (χ0) is 26.6. The topological polar surface area (TPSA) is 64.3 Å². The van der Waals surface area contributed by atoms with Crippen molar-refractivity contribution in [2.24, 2.45) is 0 Å². The van der Waals surface area contributed by atoms with E-state index in [1.807, 2.05) is 5.10 Å². The molecular weight excluding hydrogens is 509 g/mol. The van der Waals surface area contributed by atoms with Crippen molar-refractivity contribution in [1.82, 2.24) is 29.8 Å². The van der Waals surface area contributed by atoms with Crippen LogP contribution >= 0.6 is 0 Å². The number of alkyl halides is 11. The molecule has 0 aromatic carbocycles. The fourth-order valence-corrected chi connectivity index (χ4v) is 3.23. The highest BCUT2D eigenvalue weighted by Gasteiger charge is 2.60. The Morgan fingerprint density at radius 3 is 2.00 bits per heavy atom. The summed E-state index contributed by atoms with van der Waals surface area (Å²) in [5, 5.41) is 12.2. The van der Waals surface area contributed by atoms with Gasteiger partial charge in [0.25, 0.3) is 0 Å². The van der Waals surface area contributed by atoms with Crippen molar-refractivity contribution in [2.45, 2.75) is 57.7 Å². The second-order valence-electron chi connectivity index (χ2n) is 7.48. The molecule has 0 spiro atoms. The number of aryl methyl sites for hydroxylation is 2. The van der Waals surface area contributed by atoms with Crippen LogP contribution in [0.1, 0.15) is 41.0 Å². The second kappa shape index (κ2) is 8.51. The van der Waals surface area contributed by atoms with Gasteiger partial charge in [-0.2, -0.15) is 63.6 Å². The average molecular weight is 524 g/mol. The van der Waals surface area contributed by atoms with Crippen LogP contribution in [0.2, 0.25) is 0 Å². The van der Waals surface area contributed by atoms with Gasteiger partial charge in [0.2, 0.25) is 0 Å². The molecule has 0 amide bonds. The molecule has 6 nitrogen and oxygen atoms in total. The van der Waals surface area contributed by atoms with Crippen LogP contribution in [0, 0.1) is 6.92 Å². The molecule has 0 aliphatic carbocycles. The highest BCUT2D eigenvalue weighted by molar-refractivity contribution is 5.39. The van der Waals surface area contributed by atoms with Crippen LogP contribution < -0.4 is 0 Å². The molecule has 17 heteroatoms. The molecule has 0 radical (unpaired) electrons. The lowest BCUT2D eigenvalue weighted by atomic mass is 10.1. The van der Waals surface area contributed by atoms with E-state index in [9.17, 15) is 48.3 Å². The zero-order valence-corrected chi connectivity index (χ0v) is 17.7. The van der Waals surface area contributed by atoms with Crippen molar-refractivity contribution in [3.05, 3.63) is 46.2 Å². The quantitative estimate of drug-likeness (QED) is 0.434. The van der Waals surface area contributed by atoms with Gasteiger partial charge in [-0.25, -0.2) is 4.68 Å². The van der Waals surface area contributed by atoms with E-state index in [2.05, 4.69) is 15.3 Å². The highest BCUT2D eigenvalue weighted by Crippen LogP contribution is 2.43. The van der Waals surface area contributed by atoms with Gasteiger partial charge in [0.05, 0.1) is 18.7 Å². The van der Waals surface area contributed by atoms with Gasteiger partial charge in [-0.3, -0.25) is 9.78 Å². The second-order valence-corrected chi connectivity index (χ2v) is 7.48. The van der Waals surface area contributed by atoms with Crippen molar-refractivity contribution in [3.63, 3.8) is 0 Å². The van der Waals surface area contributed by atoms with Crippen LogP contribution in [0.3, 0.4) is 0 Å². The van der Waals surface area contributed by atoms with E-state index >= 15 is 0 Å². The van der Waals surface area contributed by atoms with Gasteiger partial charge in [-0.1, -0.05) is 6.92 Å². The Morgan fingerprint density at radius 2 is 1.51 bits per heavy atom. The minimum Gasteiger partial charge on any atom is -0.280 e. The molecule has 1 N–H and O–H groups in total. The summed E-state index contributed by atoms with van der Waals surface area (Å²) >= 11 is 0. The molecular formula is C18H15F11N6. The van der Waals surface area contributed by atoms with E-state index in [4.69, 9.17) is 0 Å². The Bertz CT molecular complexity index is 1190. The molecule has 0 fully saturated rings. The number of hydrogen-bond acceptors (Lipinski definition) is 3. The molecule has 0 unspecified atom stereocenters. The molecule has 3 rings (SSSR count). The van der Waals surface area contributed by atoms with Crippen molar-refractivity contribution in [3.8, 4) is 5.82 Å². The fraction of sp³-hybridized carbons (Fsp3) is 0.500. The minimum atomic E-state index is -5.99. The van der Waals surface area contributed by atoms with Gasteiger partial charge < -0.3 is 0 Å². The number of nitrogens with zero attached hydrogens (tertiary/aromatic N) is 5. The monoisotopic (exact) mass is 524 g/mol. The van der Waals surface area contributed by atoms with E-state index in [1.54, 1.807) is 0 Å². The first-order chi connectivity index (χ1) is 15.8. The maximum Gasteiger partial charge on any atom is 0.459 e. The van der Waals surface area contributed by atoms with E-state index in [0.29, 0.717) is 21.5 Å². The summed E-state index contributed by atoms with van der Waals surface area (Å²) in [6.07, 6.45) is -17.5. The standard InChI is InChI=1S/C18H15F11N6/c1-3-9-5-12(16(22,23)18(27,28)29)32-34(9)7-10-11(6-15(19,20)21)30-31-14(10)35-8(2)4-13(33-35)17(24,25)26/h4-5H,3,6-7H2,1-2H3,(H,30,31). The lowest BCUT2D eigenvalue weighted by Crippen LogP contribution is -2.34. The minimum absolute atomic E-state index is 0.137. The summed E-state index contributed by atoms with van der Waals surface area (Å²) < 4.78 is 146. The average Bonchev–Trinajstić information content (AvgIpc) is 3.37. The first-order valence-corrected chi connectivity index (χ1v) is 9.64. The predicted molar refractivity (Wildman–Crippen MR) is 95.9 cm³/mol. The molecule has 0 saturated heterocycles. The maximum absolute atomic E-state index is 13.8.